The van der Waals surface area contributed by atoms with Gasteiger partial charge in [0.15, 0.2) is 0 Å². The van der Waals surface area contributed by atoms with Gasteiger partial charge in [-0.2, -0.15) is 0 Å². The van der Waals surface area contributed by atoms with Crippen LogP contribution in [0.25, 0.3) is 0 Å². The molecule has 1 atom stereocenters. The van der Waals surface area contributed by atoms with E-state index in [0.29, 0.717) is 10.5 Å². The highest BCUT2D eigenvalue weighted by Crippen LogP contribution is 2.24. The Morgan fingerprint density at radius 1 is 1.62 bits per heavy atom. The molecule has 0 heterocycles. The molecule has 1 nitrogen and oxygen atoms in total. The second-order valence-electron chi connectivity index (χ2n) is 2.04. The summed E-state index contributed by atoms with van der Waals surface area (Å²) in [6.07, 6.45) is 3.49. The van der Waals surface area contributed by atoms with Gasteiger partial charge in [0.25, 0.3) is 0 Å². The van der Waals surface area contributed by atoms with Gasteiger partial charge in [-0.3, -0.25) is 4.21 Å². The van der Waals surface area contributed by atoms with Crippen LogP contribution in [0.15, 0.2) is 0 Å². The Kier molecular flexibility index (Phi) is 2.32. The van der Waals surface area contributed by atoms with Gasteiger partial charge in [-0.1, -0.05) is 6.42 Å². The topological polar surface area (TPSA) is 17.1 Å². The Hall–Kier alpha value is 0.440. The Balaban J connectivity index is 2.24. The van der Waals surface area contributed by atoms with Crippen molar-refractivity contribution < 1.29 is 4.21 Å². The van der Waals surface area contributed by atoms with E-state index in [0.717, 1.165) is 12.8 Å². The van der Waals surface area contributed by atoms with E-state index in [9.17, 15) is 4.21 Å². The zero-order valence-corrected chi connectivity index (χ0v) is 6.17. The lowest BCUT2D eigenvalue weighted by molar-refractivity contribution is 0.506. The van der Waals surface area contributed by atoms with E-state index in [1.807, 2.05) is 0 Å². The summed E-state index contributed by atoms with van der Waals surface area (Å²) in [6.45, 7) is 0. The van der Waals surface area contributed by atoms with Crippen LogP contribution in [0.5, 0.6) is 0 Å². The number of rotatable bonds is 2. The van der Waals surface area contributed by atoms with E-state index in [1.54, 1.807) is 0 Å². The third kappa shape index (κ3) is 1.23. The fraction of sp³-hybridized carbons (Fsp3) is 1.00. The Labute approximate surface area is 56.9 Å². The molecule has 0 aromatic rings. The van der Waals surface area contributed by atoms with Crippen molar-refractivity contribution in [1.29, 1.82) is 0 Å². The first-order valence-corrected chi connectivity index (χ1v) is 4.69. The summed E-state index contributed by atoms with van der Waals surface area (Å²) in [6, 6.07) is 0. The smallest absolute Gasteiger partial charge is 0.0982 e. The number of halogens is 1. The van der Waals surface area contributed by atoms with Crippen LogP contribution in [0.2, 0.25) is 0 Å². The van der Waals surface area contributed by atoms with Gasteiger partial charge in [-0.15, -0.1) is 11.6 Å². The van der Waals surface area contributed by atoms with Gasteiger partial charge < -0.3 is 0 Å². The monoisotopic (exact) mass is 152 g/mol. The predicted molar refractivity (Wildman–Crippen MR) is 36.5 cm³/mol. The van der Waals surface area contributed by atoms with Crippen LogP contribution in [0.3, 0.4) is 0 Å². The van der Waals surface area contributed by atoms with E-state index in [-0.39, 0.29) is 0 Å². The minimum atomic E-state index is -0.720. The molecule has 8 heavy (non-hydrogen) atoms. The zero-order chi connectivity index (χ0) is 5.98. The average Bonchev–Trinajstić information content (AvgIpc) is 1.62. The second kappa shape index (κ2) is 2.83. The van der Waals surface area contributed by atoms with E-state index in [2.05, 4.69) is 0 Å². The van der Waals surface area contributed by atoms with Gasteiger partial charge in [0.1, 0.15) is 0 Å². The van der Waals surface area contributed by atoms with E-state index in [4.69, 9.17) is 11.6 Å². The van der Waals surface area contributed by atoms with Gasteiger partial charge in [0.05, 0.1) is 5.21 Å². The molecular formula is C5H9ClOS. The molecule has 0 aromatic heterocycles. The lowest BCUT2D eigenvalue weighted by Gasteiger charge is -2.22. The van der Waals surface area contributed by atoms with Crippen LogP contribution in [-0.4, -0.2) is 14.7 Å². The Bertz CT molecular complexity index is 101. The molecule has 0 saturated heterocycles. The summed E-state index contributed by atoms with van der Waals surface area (Å²) in [7, 11) is -0.720. The van der Waals surface area contributed by atoms with Crippen molar-refractivity contribution in [2.75, 3.05) is 5.21 Å². The van der Waals surface area contributed by atoms with Gasteiger partial charge in [0, 0.05) is 16.0 Å². The number of hydrogen-bond donors (Lipinski definition) is 0. The third-order valence-corrected chi connectivity index (χ3v) is 3.61. The Morgan fingerprint density at radius 2 is 2.25 bits per heavy atom. The quantitative estimate of drug-likeness (QED) is 0.548. The molecule has 3 heteroatoms. The summed E-state index contributed by atoms with van der Waals surface area (Å²) < 4.78 is 10.8. The Morgan fingerprint density at radius 3 is 2.38 bits per heavy atom. The predicted octanol–water partition coefficient (Wildman–Crippen LogP) is 1.48. The molecule has 0 aliphatic heterocycles. The molecule has 1 fully saturated rings. The maximum atomic E-state index is 10.8. The summed E-state index contributed by atoms with van der Waals surface area (Å²) in [5.41, 5.74) is 0. The molecule has 0 amide bonds. The zero-order valence-electron chi connectivity index (χ0n) is 4.60. The maximum Gasteiger partial charge on any atom is 0.0982 e. The molecule has 1 rings (SSSR count). The standard InChI is InChI=1S/C5H9ClOS/c6-4-8(7)5-2-1-3-5/h5H,1-4H2. The maximum absolute atomic E-state index is 10.8. The molecule has 0 spiro atoms. The molecule has 1 saturated carbocycles. The van der Waals surface area contributed by atoms with Crippen molar-refractivity contribution in [2.45, 2.75) is 24.5 Å². The second-order valence-corrected chi connectivity index (χ2v) is 4.34. The minimum Gasteiger partial charge on any atom is -0.258 e. The van der Waals surface area contributed by atoms with Crippen molar-refractivity contribution in [3.63, 3.8) is 0 Å². The van der Waals surface area contributed by atoms with Crippen molar-refractivity contribution >= 4 is 22.4 Å². The van der Waals surface area contributed by atoms with Crippen molar-refractivity contribution in [3.05, 3.63) is 0 Å². The van der Waals surface area contributed by atoms with Crippen LogP contribution in [0.4, 0.5) is 0 Å². The van der Waals surface area contributed by atoms with Crippen LogP contribution in [0, 0.1) is 0 Å². The van der Waals surface area contributed by atoms with E-state index in [1.165, 1.54) is 6.42 Å². The normalized spacial score (nSPS) is 24.6. The van der Waals surface area contributed by atoms with E-state index >= 15 is 0 Å². The fourth-order valence-electron chi connectivity index (χ4n) is 0.723. The summed E-state index contributed by atoms with van der Waals surface area (Å²) >= 11 is 5.36. The summed E-state index contributed by atoms with van der Waals surface area (Å²) in [4.78, 5) is 0. The molecular weight excluding hydrogens is 144 g/mol. The first-order chi connectivity index (χ1) is 3.84. The van der Waals surface area contributed by atoms with Crippen molar-refractivity contribution in [3.8, 4) is 0 Å². The van der Waals surface area contributed by atoms with E-state index < -0.39 is 10.8 Å². The molecule has 1 aliphatic rings. The SMILES string of the molecule is O=S(CCl)C1CCC1. The van der Waals surface area contributed by atoms with Crippen LogP contribution in [0.1, 0.15) is 19.3 Å². The highest BCUT2D eigenvalue weighted by molar-refractivity contribution is 7.86. The van der Waals surface area contributed by atoms with Crippen LogP contribution < -0.4 is 0 Å². The van der Waals surface area contributed by atoms with Gasteiger partial charge >= 0.3 is 0 Å². The first kappa shape index (κ1) is 6.56. The summed E-state index contributed by atoms with van der Waals surface area (Å²) in [5.74, 6) is 0. The molecule has 0 N–H and O–H groups in total. The highest BCUT2D eigenvalue weighted by Gasteiger charge is 2.22. The molecule has 0 aromatic carbocycles. The fourth-order valence-corrected chi connectivity index (χ4v) is 2.29. The molecule has 0 bridgehead atoms. The van der Waals surface area contributed by atoms with Crippen LogP contribution >= 0.6 is 11.6 Å². The molecule has 1 unspecified atom stereocenters. The first-order valence-electron chi connectivity index (χ1n) is 2.77. The largest absolute Gasteiger partial charge is 0.258 e. The van der Waals surface area contributed by atoms with Gasteiger partial charge in [-0.05, 0) is 12.8 Å². The lowest BCUT2D eigenvalue weighted by atomic mass is 10.0. The van der Waals surface area contributed by atoms with Crippen molar-refractivity contribution in [1.82, 2.24) is 0 Å². The third-order valence-electron chi connectivity index (χ3n) is 1.53. The van der Waals surface area contributed by atoms with Crippen molar-refractivity contribution in [2.24, 2.45) is 0 Å². The average molecular weight is 153 g/mol. The van der Waals surface area contributed by atoms with Crippen LogP contribution in [-0.2, 0) is 10.8 Å². The highest BCUT2D eigenvalue weighted by atomic mass is 35.5. The van der Waals surface area contributed by atoms with Gasteiger partial charge in [-0.25, -0.2) is 0 Å². The number of hydrogen-bond acceptors (Lipinski definition) is 1. The minimum absolute atomic E-state index is 0.324. The lowest BCUT2D eigenvalue weighted by Crippen LogP contribution is -2.23. The molecule has 48 valence electrons. The molecule has 1 aliphatic carbocycles. The number of alkyl halides is 1. The van der Waals surface area contributed by atoms with Gasteiger partial charge in [0.2, 0.25) is 0 Å². The summed E-state index contributed by atoms with van der Waals surface area (Å²) in [5, 5.41) is 0.762. The molecule has 0 radical (unpaired) electrons.